The van der Waals surface area contributed by atoms with Crippen LogP contribution >= 0.6 is 11.3 Å². The van der Waals surface area contributed by atoms with E-state index < -0.39 is 35.4 Å². The van der Waals surface area contributed by atoms with E-state index in [0.29, 0.717) is 48.0 Å². The van der Waals surface area contributed by atoms with Crippen molar-refractivity contribution in [2.75, 3.05) is 44.7 Å². The van der Waals surface area contributed by atoms with Crippen LogP contribution in [0, 0.1) is 5.82 Å². The first kappa shape index (κ1) is 23.9. The van der Waals surface area contributed by atoms with Gasteiger partial charge in [-0.15, -0.1) is 11.3 Å². The predicted octanol–water partition coefficient (Wildman–Crippen LogP) is 3.71. The van der Waals surface area contributed by atoms with Gasteiger partial charge in [-0.3, -0.25) is 4.79 Å². The third kappa shape index (κ3) is 4.13. The monoisotopic (exact) mass is 535 g/mol. The van der Waals surface area contributed by atoms with Crippen LogP contribution in [-0.2, 0) is 12.6 Å². The number of rotatable bonds is 3. The van der Waals surface area contributed by atoms with Crippen molar-refractivity contribution in [2.45, 2.75) is 18.6 Å². The smallest absolute Gasteiger partial charge is 0.417 e. The lowest BCUT2D eigenvalue weighted by atomic mass is 10.0. The molecule has 0 spiro atoms. The Kier molecular flexibility index (Phi) is 5.67. The second-order valence-electron chi connectivity index (χ2n) is 9.02. The molecular weight excluding hydrogens is 514 g/mol. The maximum Gasteiger partial charge on any atom is 0.437 e. The molecule has 6 rings (SSSR count). The summed E-state index contributed by atoms with van der Waals surface area (Å²) in [7, 11) is 1.91. The lowest BCUT2D eigenvalue weighted by molar-refractivity contribution is -0.141. The van der Waals surface area contributed by atoms with E-state index in [0.717, 1.165) is 17.0 Å². The number of aromatic nitrogens is 4. The molecule has 1 saturated heterocycles. The van der Waals surface area contributed by atoms with Crippen molar-refractivity contribution in [2.24, 2.45) is 0 Å². The molecule has 1 amide bonds. The Hall–Kier alpha value is -3.52. The number of para-hydroxylation sites is 1. The van der Waals surface area contributed by atoms with Crippen molar-refractivity contribution >= 4 is 33.5 Å². The summed E-state index contributed by atoms with van der Waals surface area (Å²) in [4.78, 5) is 34.1. The van der Waals surface area contributed by atoms with Gasteiger partial charge in [0.25, 0.3) is 11.9 Å². The van der Waals surface area contributed by atoms with Crippen molar-refractivity contribution in [3.8, 4) is 0 Å². The van der Waals surface area contributed by atoms with Gasteiger partial charge in [0.15, 0.2) is 5.69 Å². The molecule has 4 aromatic rings. The van der Waals surface area contributed by atoms with Crippen LogP contribution in [0.2, 0.25) is 0 Å². The molecule has 0 saturated carbocycles. The van der Waals surface area contributed by atoms with Gasteiger partial charge in [0.1, 0.15) is 22.4 Å². The van der Waals surface area contributed by atoms with Gasteiger partial charge in [-0.1, -0.05) is 6.07 Å². The minimum Gasteiger partial charge on any atom is -0.417 e. The number of amides is 1. The molecule has 2 aliphatic heterocycles. The molecule has 194 valence electrons. The van der Waals surface area contributed by atoms with Gasteiger partial charge in [0.05, 0.1) is 16.7 Å². The van der Waals surface area contributed by atoms with Gasteiger partial charge < -0.3 is 24.1 Å². The summed E-state index contributed by atoms with van der Waals surface area (Å²) in [6.07, 6.45) is -3.10. The van der Waals surface area contributed by atoms with Crippen molar-refractivity contribution in [1.82, 2.24) is 29.7 Å². The van der Waals surface area contributed by atoms with Gasteiger partial charge in [-0.2, -0.15) is 18.2 Å². The summed E-state index contributed by atoms with van der Waals surface area (Å²) in [5.74, 6) is -2.38. The fourth-order valence-electron chi connectivity index (χ4n) is 4.70. The standard InChI is InChI=1S/C23H21F4N7O2S/c1-32-7-9-33(10-8-32)22-31-19(23(25,26)27)18(36-22)21(35)34-6-5-13-16(29-11-28-13)17(34)20-30-15-12(24)3-2-4-14(15)37-20/h2-4,11,17H,5-10H2,1H3,(H,28,29)/t17-/m0/s1. The Morgan fingerprint density at radius 2 is 1.95 bits per heavy atom. The summed E-state index contributed by atoms with van der Waals surface area (Å²) in [6, 6.07) is 3.37. The average molecular weight is 536 g/mol. The molecule has 2 aliphatic rings. The number of nitrogens with zero attached hydrogens (tertiary/aromatic N) is 6. The van der Waals surface area contributed by atoms with Crippen molar-refractivity contribution < 1.29 is 26.8 Å². The Labute approximate surface area is 211 Å². The third-order valence-corrected chi connectivity index (χ3v) is 7.73. The maximum absolute atomic E-state index is 14.4. The van der Waals surface area contributed by atoms with Crippen molar-refractivity contribution in [3.05, 3.63) is 58.2 Å². The number of hydrogen-bond acceptors (Lipinski definition) is 8. The van der Waals surface area contributed by atoms with Crippen LogP contribution < -0.4 is 4.90 Å². The summed E-state index contributed by atoms with van der Waals surface area (Å²) in [6.45, 7) is 2.16. The van der Waals surface area contributed by atoms with Crippen LogP contribution in [0.5, 0.6) is 0 Å². The first-order valence-corrected chi connectivity index (χ1v) is 12.4. The number of nitrogens with one attached hydrogen (secondary N) is 1. The molecule has 1 fully saturated rings. The largest absolute Gasteiger partial charge is 0.437 e. The number of benzene rings is 1. The quantitative estimate of drug-likeness (QED) is 0.400. The maximum atomic E-state index is 14.4. The Morgan fingerprint density at radius 1 is 1.16 bits per heavy atom. The number of oxazole rings is 1. The van der Waals surface area contributed by atoms with Gasteiger partial charge in [0, 0.05) is 44.8 Å². The number of imidazole rings is 1. The second kappa shape index (κ2) is 8.80. The topological polar surface area (TPSA) is 94.4 Å². The zero-order chi connectivity index (χ0) is 25.9. The highest BCUT2D eigenvalue weighted by molar-refractivity contribution is 7.18. The van der Waals surface area contributed by atoms with Gasteiger partial charge >= 0.3 is 6.18 Å². The lowest BCUT2D eigenvalue weighted by Crippen LogP contribution is -2.44. The molecule has 0 unspecified atom stereocenters. The molecule has 3 aromatic heterocycles. The van der Waals surface area contributed by atoms with Gasteiger partial charge in [-0.05, 0) is 19.2 Å². The van der Waals surface area contributed by atoms with E-state index >= 15 is 0 Å². The highest BCUT2D eigenvalue weighted by Gasteiger charge is 2.46. The van der Waals surface area contributed by atoms with Crippen molar-refractivity contribution in [1.29, 1.82) is 0 Å². The van der Waals surface area contributed by atoms with Crippen LogP contribution in [0.1, 0.15) is 38.7 Å². The normalized spacial score (nSPS) is 19.0. The Bertz CT molecular complexity index is 1470. The number of aromatic amines is 1. The van der Waals surface area contributed by atoms with Gasteiger partial charge in [-0.25, -0.2) is 14.4 Å². The van der Waals surface area contributed by atoms with Crippen molar-refractivity contribution in [3.63, 3.8) is 0 Å². The number of alkyl halides is 3. The molecule has 9 nitrogen and oxygen atoms in total. The number of anilines is 1. The summed E-state index contributed by atoms with van der Waals surface area (Å²) in [5, 5.41) is 0.342. The number of carbonyl (C=O) groups excluding carboxylic acids is 1. The van der Waals surface area contributed by atoms with E-state index in [9.17, 15) is 22.4 Å². The zero-order valence-electron chi connectivity index (χ0n) is 19.5. The SMILES string of the molecule is CN1CCN(c2nc(C(F)(F)F)c(C(=O)N3CCc4[nH]cnc4[C@H]3c3nc4c(F)cccc4s3)o2)CC1. The average Bonchev–Trinajstić information content (AvgIpc) is 3.61. The minimum absolute atomic E-state index is 0.0823. The van der Waals surface area contributed by atoms with E-state index in [1.54, 1.807) is 17.0 Å². The van der Waals surface area contributed by atoms with E-state index in [4.69, 9.17) is 4.42 Å². The zero-order valence-corrected chi connectivity index (χ0v) is 20.4. The van der Waals surface area contributed by atoms with Crippen LogP contribution in [-0.4, -0.2) is 75.4 Å². The van der Waals surface area contributed by atoms with Crippen LogP contribution in [0.4, 0.5) is 23.6 Å². The highest BCUT2D eigenvalue weighted by Crippen LogP contribution is 2.41. The fourth-order valence-corrected chi connectivity index (χ4v) is 5.80. The number of H-pyrrole nitrogens is 1. The summed E-state index contributed by atoms with van der Waals surface area (Å²) < 4.78 is 62.6. The summed E-state index contributed by atoms with van der Waals surface area (Å²) >= 11 is 1.16. The van der Waals surface area contributed by atoms with E-state index in [-0.39, 0.29) is 18.1 Å². The molecule has 0 bridgehead atoms. The summed E-state index contributed by atoms with van der Waals surface area (Å²) in [5.41, 5.74) is -0.0501. The molecule has 5 heterocycles. The van der Waals surface area contributed by atoms with Gasteiger partial charge in [0.2, 0.25) is 5.76 Å². The molecule has 14 heteroatoms. The lowest BCUT2D eigenvalue weighted by Gasteiger charge is -2.33. The second-order valence-corrected chi connectivity index (χ2v) is 10.1. The fraction of sp³-hybridized carbons (Fsp3) is 0.391. The molecule has 1 N–H and O–H groups in total. The molecule has 0 radical (unpaired) electrons. The molecule has 37 heavy (non-hydrogen) atoms. The van der Waals surface area contributed by atoms with E-state index in [1.165, 1.54) is 17.3 Å². The van der Waals surface area contributed by atoms with Crippen LogP contribution in [0.3, 0.4) is 0 Å². The number of halogens is 4. The van der Waals surface area contributed by atoms with E-state index in [1.807, 2.05) is 11.9 Å². The Morgan fingerprint density at radius 3 is 2.68 bits per heavy atom. The Balaban J connectivity index is 1.42. The van der Waals surface area contributed by atoms with E-state index in [2.05, 4.69) is 19.9 Å². The molecular formula is C23H21F4N7O2S. The third-order valence-electron chi connectivity index (χ3n) is 6.66. The molecule has 1 aromatic carbocycles. The minimum atomic E-state index is -4.90. The highest BCUT2D eigenvalue weighted by atomic mass is 32.1. The molecule has 0 aliphatic carbocycles. The number of hydrogen-bond donors (Lipinski definition) is 1. The number of carbonyl (C=O) groups is 1. The molecule has 1 atom stereocenters. The number of piperazine rings is 1. The first-order chi connectivity index (χ1) is 17.7. The first-order valence-electron chi connectivity index (χ1n) is 11.6. The number of fused-ring (bicyclic) bond motifs is 2. The number of likely N-dealkylation sites (N-methyl/N-ethyl adjacent to an activating group) is 1. The van der Waals surface area contributed by atoms with Crippen LogP contribution in [0.15, 0.2) is 28.9 Å². The predicted molar refractivity (Wildman–Crippen MR) is 126 cm³/mol. The van der Waals surface area contributed by atoms with Crippen LogP contribution in [0.25, 0.3) is 10.2 Å². The number of thiazole rings is 1.